The van der Waals surface area contributed by atoms with Crippen LogP contribution in [-0.4, -0.2) is 42.3 Å². The van der Waals surface area contributed by atoms with Crippen molar-refractivity contribution in [3.63, 3.8) is 0 Å². The first kappa shape index (κ1) is 31.0. The predicted octanol–water partition coefficient (Wildman–Crippen LogP) is 7.69. The van der Waals surface area contributed by atoms with Gasteiger partial charge in [-0.05, 0) is 69.3 Å². The van der Waals surface area contributed by atoms with Crippen molar-refractivity contribution < 1.29 is 45.4 Å². The number of hydrogen-bond acceptors (Lipinski definition) is 7. The lowest BCUT2D eigenvalue weighted by Crippen LogP contribution is -2.28. The second kappa shape index (κ2) is 11.3. The Morgan fingerprint density at radius 2 is 1.58 bits per heavy atom. The highest BCUT2D eigenvalue weighted by Gasteiger charge is 2.34. The Morgan fingerprint density at radius 1 is 0.867 bits per heavy atom. The molecule has 45 heavy (non-hydrogen) atoms. The van der Waals surface area contributed by atoms with Gasteiger partial charge in [-0.3, -0.25) is 9.78 Å². The molecule has 0 saturated heterocycles. The second-order valence-electron chi connectivity index (χ2n) is 10.6. The van der Waals surface area contributed by atoms with E-state index in [1.54, 1.807) is 20.8 Å². The second-order valence-corrected chi connectivity index (χ2v) is 10.6. The van der Waals surface area contributed by atoms with Gasteiger partial charge in [0.1, 0.15) is 28.5 Å². The number of fused-ring (bicyclic) bond motifs is 1. The lowest BCUT2D eigenvalue weighted by Gasteiger charge is -2.19. The number of halogens is 6. The van der Waals surface area contributed by atoms with Crippen molar-refractivity contribution in [2.24, 2.45) is 0 Å². The number of nitrogens with one attached hydrogen (secondary N) is 2. The standard InChI is InChI=1S/C29H22F6N6O4/c1-27(2,3)45-26(43)41-21-9-4-15(28(30,31)32)12-19(21)23(40-41)25(42)38-16-5-7-17(8-6-16)44-18-10-11-36-20(13-18)24-37-14-22(39-24)29(33,34)35/h4-14H,1-3H3,(H,37,39)(H,38,42). The van der Waals surface area contributed by atoms with Crippen LogP contribution in [0.2, 0.25) is 0 Å². The largest absolute Gasteiger partial charge is 0.457 e. The van der Waals surface area contributed by atoms with Crippen molar-refractivity contribution in [2.75, 3.05) is 5.32 Å². The van der Waals surface area contributed by atoms with Crippen LogP contribution in [0.5, 0.6) is 11.5 Å². The maximum absolute atomic E-state index is 13.4. The molecule has 0 fully saturated rings. The number of carbonyl (C=O) groups excluding carboxylic acids is 2. The maximum Gasteiger partial charge on any atom is 0.435 e. The molecule has 0 aliphatic heterocycles. The summed E-state index contributed by atoms with van der Waals surface area (Å²) in [6.45, 7) is 4.79. The Morgan fingerprint density at radius 3 is 2.20 bits per heavy atom. The number of alkyl halides is 6. The van der Waals surface area contributed by atoms with E-state index < -0.39 is 46.9 Å². The van der Waals surface area contributed by atoms with Gasteiger partial charge in [-0.25, -0.2) is 9.78 Å². The van der Waals surface area contributed by atoms with E-state index in [2.05, 4.69) is 25.4 Å². The fourth-order valence-electron chi connectivity index (χ4n) is 4.04. The molecule has 0 aliphatic rings. The van der Waals surface area contributed by atoms with Crippen LogP contribution >= 0.6 is 0 Å². The molecule has 0 unspecified atom stereocenters. The first-order chi connectivity index (χ1) is 21.0. The summed E-state index contributed by atoms with van der Waals surface area (Å²) in [6, 6.07) is 11.2. The van der Waals surface area contributed by atoms with Crippen LogP contribution in [-0.2, 0) is 17.1 Å². The summed E-state index contributed by atoms with van der Waals surface area (Å²) in [7, 11) is 0. The molecule has 0 radical (unpaired) electrons. The molecule has 0 atom stereocenters. The summed E-state index contributed by atoms with van der Waals surface area (Å²) >= 11 is 0. The van der Waals surface area contributed by atoms with Crippen LogP contribution in [0.15, 0.2) is 67.0 Å². The SMILES string of the molecule is CC(C)(C)OC(=O)n1nc(C(=O)Nc2ccc(Oc3ccnc(-c4ncc(C(F)(F)F)[nH]4)c3)cc2)c2cc(C(F)(F)F)ccc21. The third kappa shape index (κ3) is 7.05. The number of hydrogen-bond donors (Lipinski definition) is 2. The highest BCUT2D eigenvalue weighted by Crippen LogP contribution is 2.34. The maximum atomic E-state index is 13.4. The summed E-state index contributed by atoms with van der Waals surface area (Å²) in [5, 5.41) is 6.28. The van der Waals surface area contributed by atoms with Crippen molar-refractivity contribution in [3.8, 4) is 23.0 Å². The van der Waals surface area contributed by atoms with Gasteiger partial charge in [0.2, 0.25) is 0 Å². The molecule has 1 amide bonds. The molecule has 0 aliphatic carbocycles. The van der Waals surface area contributed by atoms with Gasteiger partial charge in [0, 0.05) is 23.3 Å². The fourth-order valence-corrected chi connectivity index (χ4v) is 4.04. The van der Waals surface area contributed by atoms with E-state index in [1.165, 1.54) is 42.6 Å². The number of carbonyl (C=O) groups is 2. The monoisotopic (exact) mass is 632 g/mol. The quantitative estimate of drug-likeness (QED) is 0.191. The Bertz CT molecular complexity index is 1890. The van der Waals surface area contributed by atoms with Gasteiger partial charge in [0.25, 0.3) is 5.91 Å². The zero-order chi connectivity index (χ0) is 32.7. The van der Waals surface area contributed by atoms with Crippen molar-refractivity contribution in [3.05, 3.63) is 83.9 Å². The molecule has 2 N–H and O–H groups in total. The van der Waals surface area contributed by atoms with Crippen LogP contribution in [0.3, 0.4) is 0 Å². The molecule has 0 bridgehead atoms. The minimum absolute atomic E-state index is 0.0629. The number of nitrogens with zero attached hydrogens (tertiary/aromatic N) is 4. The average molecular weight is 633 g/mol. The third-order valence-electron chi connectivity index (χ3n) is 5.99. The number of ether oxygens (including phenoxy) is 2. The molecule has 0 spiro atoms. The van der Waals surface area contributed by atoms with Gasteiger partial charge in [-0.15, -0.1) is 0 Å². The van der Waals surface area contributed by atoms with Crippen LogP contribution in [0.25, 0.3) is 22.4 Å². The summed E-state index contributed by atoms with van der Waals surface area (Å²) in [5.41, 5.74) is -3.22. The van der Waals surface area contributed by atoms with Gasteiger partial charge < -0.3 is 19.8 Å². The van der Waals surface area contributed by atoms with Crippen LogP contribution in [0.1, 0.15) is 42.5 Å². The van der Waals surface area contributed by atoms with Gasteiger partial charge in [-0.2, -0.15) is 36.1 Å². The Balaban J connectivity index is 1.36. The van der Waals surface area contributed by atoms with Crippen LogP contribution < -0.4 is 10.1 Å². The minimum atomic E-state index is -4.72. The average Bonchev–Trinajstić information content (AvgIpc) is 3.59. The van der Waals surface area contributed by atoms with E-state index in [-0.39, 0.29) is 39.6 Å². The van der Waals surface area contributed by atoms with Gasteiger partial charge in [0.05, 0.1) is 17.3 Å². The van der Waals surface area contributed by atoms with Gasteiger partial charge >= 0.3 is 18.4 Å². The van der Waals surface area contributed by atoms with Crippen molar-refractivity contribution in [1.82, 2.24) is 24.7 Å². The molecular weight excluding hydrogens is 610 g/mol. The number of benzene rings is 2. The molecule has 3 aromatic heterocycles. The molecule has 2 aromatic carbocycles. The van der Waals surface area contributed by atoms with E-state index in [0.717, 1.165) is 22.9 Å². The zero-order valence-electron chi connectivity index (χ0n) is 23.5. The van der Waals surface area contributed by atoms with E-state index in [1.807, 2.05) is 0 Å². The Labute approximate surface area is 250 Å². The first-order valence-corrected chi connectivity index (χ1v) is 13.0. The molecule has 16 heteroatoms. The molecule has 5 rings (SSSR count). The van der Waals surface area contributed by atoms with Crippen molar-refractivity contribution in [1.29, 1.82) is 0 Å². The number of aromatic amines is 1. The van der Waals surface area contributed by atoms with E-state index in [0.29, 0.717) is 6.20 Å². The molecule has 3 heterocycles. The minimum Gasteiger partial charge on any atom is -0.457 e. The number of H-pyrrole nitrogens is 1. The molecular formula is C29H22F6N6O4. The first-order valence-electron chi connectivity index (χ1n) is 13.0. The number of aromatic nitrogens is 5. The third-order valence-corrected chi connectivity index (χ3v) is 5.99. The van der Waals surface area contributed by atoms with E-state index in [9.17, 15) is 35.9 Å². The number of anilines is 1. The smallest absolute Gasteiger partial charge is 0.435 e. The molecule has 234 valence electrons. The zero-order valence-corrected chi connectivity index (χ0v) is 23.5. The molecule has 5 aromatic rings. The van der Waals surface area contributed by atoms with Gasteiger partial charge in [-0.1, -0.05) is 0 Å². The summed E-state index contributed by atoms with van der Waals surface area (Å²) in [6.07, 6.45) is -8.34. The number of pyridine rings is 1. The highest BCUT2D eigenvalue weighted by molar-refractivity contribution is 6.12. The molecule has 0 saturated carbocycles. The fraction of sp³-hybridized carbons (Fsp3) is 0.207. The van der Waals surface area contributed by atoms with E-state index in [4.69, 9.17) is 9.47 Å². The van der Waals surface area contributed by atoms with Gasteiger partial charge in [0.15, 0.2) is 11.5 Å². The Hall–Kier alpha value is -5.41. The number of amides is 1. The van der Waals surface area contributed by atoms with Crippen LogP contribution in [0, 0.1) is 0 Å². The predicted molar refractivity (Wildman–Crippen MR) is 148 cm³/mol. The summed E-state index contributed by atoms with van der Waals surface area (Å²) < 4.78 is 90.8. The highest BCUT2D eigenvalue weighted by atomic mass is 19.4. The summed E-state index contributed by atoms with van der Waals surface area (Å²) in [4.78, 5) is 35.8. The van der Waals surface area contributed by atoms with Crippen LogP contribution in [0.4, 0.5) is 36.8 Å². The van der Waals surface area contributed by atoms with E-state index >= 15 is 0 Å². The lowest BCUT2D eigenvalue weighted by molar-refractivity contribution is -0.141. The van der Waals surface area contributed by atoms with Crippen molar-refractivity contribution >= 4 is 28.6 Å². The normalized spacial score (nSPS) is 12.3. The summed E-state index contributed by atoms with van der Waals surface area (Å²) in [5.74, 6) is -0.517. The number of imidazole rings is 1. The number of rotatable bonds is 5. The lowest BCUT2D eigenvalue weighted by atomic mass is 10.1. The Kier molecular flexibility index (Phi) is 7.76. The molecule has 10 nitrogen and oxygen atoms in total. The van der Waals surface area contributed by atoms with Crippen molar-refractivity contribution in [2.45, 2.75) is 38.7 Å². The topological polar surface area (TPSA) is 124 Å².